The summed E-state index contributed by atoms with van der Waals surface area (Å²) in [5, 5.41) is 21.1. The molecule has 0 radical (unpaired) electrons. The van der Waals surface area contributed by atoms with Gasteiger partial charge in [-0.05, 0) is 113 Å². The van der Waals surface area contributed by atoms with Crippen molar-refractivity contribution in [2.24, 2.45) is 33.9 Å². The summed E-state index contributed by atoms with van der Waals surface area (Å²) in [5.41, 5.74) is 18.7. The third-order valence-corrected chi connectivity index (χ3v) is 11.4. The number of nitrogens with zero attached hydrogens (tertiary/aromatic N) is 7. The van der Waals surface area contributed by atoms with E-state index in [0.717, 1.165) is 71.1 Å². The van der Waals surface area contributed by atoms with Crippen LogP contribution < -0.4 is 10.6 Å². The topological polar surface area (TPSA) is 250 Å². The van der Waals surface area contributed by atoms with E-state index in [1.807, 2.05) is 26.0 Å². The van der Waals surface area contributed by atoms with Crippen LogP contribution in [0.15, 0.2) is 33.5 Å². The molecule has 21 heteroatoms. The van der Waals surface area contributed by atoms with Gasteiger partial charge < -0.3 is 34.7 Å². The van der Waals surface area contributed by atoms with E-state index in [9.17, 15) is 27.6 Å². The van der Waals surface area contributed by atoms with Crippen LogP contribution in [0.5, 0.6) is 0 Å². The number of carbonyl (C=O) groups excluding carboxylic acids is 3. The van der Waals surface area contributed by atoms with Crippen molar-refractivity contribution >= 4 is 23.8 Å². The van der Waals surface area contributed by atoms with E-state index in [0.29, 0.717) is 36.7 Å². The van der Waals surface area contributed by atoms with E-state index in [-0.39, 0.29) is 48.8 Å². The number of halogens is 3. The zero-order valence-corrected chi connectivity index (χ0v) is 39.4. The number of ether oxygens (including phenoxy) is 4. The molecule has 1 amide bonds. The summed E-state index contributed by atoms with van der Waals surface area (Å²) in [6.45, 7) is 21.4. The van der Waals surface area contributed by atoms with Crippen molar-refractivity contribution in [2.45, 2.75) is 143 Å². The van der Waals surface area contributed by atoms with Gasteiger partial charge in [0, 0.05) is 66.3 Å². The molecule has 370 valence electrons. The number of carbonyl (C=O) groups is 4. The van der Waals surface area contributed by atoms with Gasteiger partial charge in [0.1, 0.15) is 0 Å². The lowest BCUT2D eigenvalue weighted by Gasteiger charge is -2.44. The third kappa shape index (κ3) is 23.6. The van der Waals surface area contributed by atoms with Gasteiger partial charge in [0.2, 0.25) is 5.91 Å². The van der Waals surface area contributed by atoms with Gasteiger partial charge in [-0.25, -0.2) is 14.4 Å². The first kappa shape index (κ1) is 58.6. The molecule has 3 N–H and O–H groups in total. The molecule has 0 aromatic carbocycles. The van der Waals surface area contributed by atoms with Crippen LogP contribution in [0.3, 0.4) is 0 Å². The van der Waals surface area contributed by atoms with Gasteiger partial charge in [0.15, 0.2) is 0 Å². The molecular weight excluding hydrogens is 856 g/mol. The summed E-state index contributed by atoms with van der Waals surface area (Å²) in [5.74, 6) is -1.97. The van der Waals surface area contributed by atoms with Crippen molar-refractivity contribution in [2.75, 3.05) is 65.8 Å². The number of nitrogens with one attached hydrogen (secondary N) is 2. The molecule has 18 nitrogen and oxygen atoms in total. The predicted molar refractivity (Wildman–Crippen MR) is 239 cm³/mol. The molecule has 0 aromatic heterocycles. The van der Waals surface area contributed by atoms with E-state index >= 15 is 0 Å². The zero-order chi connectivity index (χ0) is 48.8. The van der Waals surface area contributed by atoms with E-state index in [2.05, 4.69) is 49.4 Å². The average molecular weight is 930 g/mol. The summed E-state index contributed by atoms with van der Waals surface area (Å²) in [7, 11) is 0. The largest absolute Gasteiger partial charge is 0.490 e. The van der Waals surface area contributed by atoms with Crippen LogP contribution in [0.2, 0.25) is 0 Å². The summed E-state index contributed by atoms with van der Waals surface area (Å²) >= 11 is 0. The number of esters is 2. The Morgan fingerprint density at radius 1 is 0.862 bits per heavy atom. The maximum Gasteiger partial charge on any atom is 0.490 e. The maximum absolute atomic E-state index is 12.4. The molecule has 2 aliphatic heterocycles. The Hall–Kier alpha value is -4.39. The smallest absolute Gasteiger partial charge is 0.475 e. The number of rotatable bonds is 18. The first-order valence-electron chi connectivity index (χ1n) is 23.0. The second-order valence-electron chi connectivity index (χ2n) is 16.6. The van der Waals surface area contributed by atoms with Gasteiger partial charge in [-0.1, -0.05) is 62.9 Å². The number of hydrogen-bond donors (Lipinski definition) is 3. The Balaban J connectivity index is 0.000000501. The molecule has 0 saturated carbocycles. The average Bonchev–Trinajstić information content (AvgIpc) is 3.27. The second-order valence-corrected chi connectivity index (χ2v) is 16.6. The highest BCUT2D eigenvalue weighted by Gasteiger charge is 2.40. The molecule has 8 atom stereocenters. The first-order valence-corrected chi connectivity index (χ1v) is 23.0. The fourth-order valence-electron chi connectivity index (χ4n) is 7.71. The SMILES string of the molecule is CCCCOC[C@H]1CCCN([C@@H]2C=C(C(=O)OCC)C[C@H](N=[N+]=[N-])[C@H]2NC(C)=O)C1.CCCCOC[C@H]1CCCNC1.CCOC(=O)C1=C[C@@H](C)[C@H](C)[C@@H](N=[N+]=[N-])C1.O=C(O)C(F)(F)F. The van der Waals surface area contributed by atoms with Gasteiger partial charge in [0.05, 0.1) is 38.5 Å². The highest BCUT2D eigenvalue weighted by molar-refractivity contribution is 5.89. The van der Waals surface area contributed by atoms with Gasteiger partial charge in [-0.15, -0.1) is 0 Å². The van der Waals surface area contributed by atoms with E-state index < -0.39 is 30.2 Å². The molecule has 2 heterocycles. The van der Waals surface area contributed by atoms with Crippen molar-refractivity contribution in [3.8, 4) is 0 Å². The highest BCUT2D eigenvalue weighted by atomic mass is 19.4. The normalized spacial score (nSPS) is 25.3. The Kier molecular flexibility index (Phi) is 29.9. The van der Waals surface area contributed by atoms with Gasteiger partial charge in [-0.3, -0.25) is 9.69 Å². The number of unbranched alkanes of at least 4 members (excludes halogenated alkanes) is 2. The molecule has 65 heavy (non-hydrogen) atoms. The molecule has 4 aliphatic rings. The van der Waals surface area contributed by atoms with E-state index in [1.165, 1.54) is 39.2 Å². The van der Waals surface area contributed by atoms with Crippen molar-refractivity contribution < 1.29 is 56.4 Å². The number of azide groups is 2. The standard InChI is InChI=1S/C21H35N5O4.C11H17N3O2.C10H21NO.C2HF3O2/c1-4-6-10-29-14-16-8-7-9-26(13-16)19-12-17(21(28)30-5-2)11-18(24-25-22)20(19)23-15(3)27;1-4-16-11(15)9-5-7(2)8(3)10(6-9)13-14-12;1-2-3-7-12-9-10-5-4-6-11-8-10;3-2(4,5)1(6)7/h12,16,18-20H,4-11,13-14H2,1-3H3,(H,23,27);5,7-8,10H,4,6H2,1-3H3;10-11H,2-9H2,1H3;(H,6,7)/t16-,18-,19+,20+;7-,8+,10+;10-;/m010./s1. The Bertz CT molecular complexity index is 1600. The van der Waals surface area contributed by atoms with Crippen LogP contribution in [0, 0.1) is 23.7 Å². The van der Waals surface area contributed by atoms with Crippen molar-refractivity contribution in [1.29, 1.82) is 0 Å². The van der Waals surface area contributed by atoms with Crippen LogP contribution in [-0.2, 0) is 38.1 Å². The van der Waals surface area contributed by atoms with E-state index in [1.54, 1.807) is 13.8 Å². The van der Waals surface area contributed by atoms with Crippen molar-refractivity contribution in [3.63, 3.8) is 0 Å². The molecule has 2 aliphatic carbocycles. The van der Waals surface area contributed by atoms with Crippen molar-refractivity contribution in [3.05, 3.63) is 44.2 Å². The Labute approximate surface area is 382 Å². The number of hydrogen-bond acceptors (Lipinski definition) is 12. The molecule has 0 spiro atoms. The minimum Gasteiger partial charge on any atom is -0.475 e. The Morgan fingerprint density at radius 3 is 1.88 bits per heavy atom. The Morgan fingerprint density at radius 2 is 1.38 bits per heavy atom. The number of carboxylic acid groups (broad SMARTS) is 1. The maximum atomic E-state index is 12.4. The minimum absolute atomic E-state index is 0.149. The lowest BCUT2D eigenvalue weighted by atomic mass is 9.79. The predicted octanol–water partition coefficient (Wildman–Crippen LogP) is 8.23. The van der Waals surface area contributed by atoms with E-state index in [4.69, 9.17) is 39.9 Å². The first-order chi connectivity index (χ1) is 31.0. The minimum atomic E-state index is -5.08. The summed E-state index contributed by atoms with van der Waals surface area (Å²) in [4.78, 5) is 52.8. The summed E-state index contributed by atoms with van der Waals surface area (Å²) in [6, 6.07) is -1.33. The number of amides is 1. The summed E-state index contributed by atoms with van der Waals surface area (Å²) < 4.78 is 53.3. The molecule has 0 aromatic rings. The van der Waals surface area contributed by atoms with Crippen molar-refractivity contribution in [1.82, 2.24) is 15.5 Å². The monoisotopic (exact) mass is 930 g/mol. The molecular formula is C44H74F3N9O9. The van der Waals surface area contributed by atoms with Crippen LogP contribution in [-0.4, -0.2) is 130 Å². The number of piperidine rings is 2. The van der Waals surface area contributed by atoms with Crippen LogP contribution >= 0.6 is 0 Å². The fourth-order valence-corrected chi connectivity index (χ4v) is 7.71. The van der Waals surface area contributed by atoms with Crippen LogP contribution in [0.1, 0.15) is 113 Å². The van der Waals surface area contributed by atoms with Gasteiger partial charge >= 0.3 is 24.1 Å². The number of carboxylic acids is 1. The zero-order valence-electron chi connectivity index (χ0n) is 39.4. The highest BCUT2D eigenvalue weighted by Crippen LogP contribution is 2.32. The number of alkyl halides is 3. The van der Waals surface area contributed by atoms with Gasteiger partial charge in [0.25, 0.3) is 0 Å². The molecule has 2 fully saturated rings. The summed E-state index contributed by atoms with van der Waals surface area (Å²) in [6.07, 6.45) is 8.85. The second kappa shape index (κ2) is 33.1. The van der Waals surface area contributed by atoms with Crippen LogP contribution in [0.4, 0.5) is 13.2 Å². The quantitative estimate of drug-likeness (QED) is 0.0388. The lowest BCUT2D eigenvalue weighted by Crippen LogP contribution is -2.59. The number of allylic oxidation sites excluding steroid dienone is 1. The molecule has 0 bridgehead atoms. The molecule has 0 unspecified atom stereocenters. The molecule has 2 saturated heterocycles. The lowest BCUT2D eigenvalue weighted by molar-refractivity contribution is -0.192. The fraction of sp³-hybridized carbons (Fsp3) is 0.818. The van der Waals surface area contributed by atoms with Crippen LogP contribution in [0.25, 0.3) is 20.9 Å². The number of aliphatic carboxylic acids is 1. The molecule has 4 rings (SSSR count). The third-order valence-electron chi connectivity index (χ3n) is 11.4. The number of likely N-dealkylation sites (tertiary alicyclic amines) is 1. The van der Waals surface area contributed by atoms with Gasteiger partial charge in [-0.2, -0.15) is 13.2 Å².